The van der Waals surface area contributed by atoms with Crippen molar-refractivity contribution in [1.82, 2.24) is 15.5 Å². The number of nitrogens with zero attached hydrogens (tertiary/aromatic N) is 1. The molecule has 0 aromatic heterocycles. The van der Waals surface area contributed by atoms with E-state index in [4.69, 9.17) is 4.74 Å². The highest BCUT2D eigenvalue weighted by Gasteiger charge is 2.54. The Bertz CT molecular complexity index is 1720. The summed E-state index contributed by atoms with van der Waals surface area (Å²) in [4.78, 5) is 64.4. The van der Waals surface area contributed by atoms with Gasteiger partial charge in [-0.1, -0.05) is 97.1 Å². The molecule has 3 N–H and O–H groups in total. The van der Waals surface area contributed by atoms with Gasteiger partial charge in [-0.05, 0) is 28.8 Å². The summed E-state index contributed by atoms with van der Waals surface area (Å²) in [6.07, 6.45) is 7.73. The molecule has 3 amide bonds. The summed E-state index contributed by atoms with van der Waals surface area (Å²) in [6, 6.07) is 23.3. The number of nitrogens with one attached hydrogen (secondary N) is 2. The van der Waals surface area contributed by atoms with E-state index in [1.54, 1.807) is 54.6 Å². The number of allylic oxidation sites excluding steroid dienone is 2. The molecular weight excluding hydrogens is 606 g/mol. The van der Waals surface area contributed by atoms with Crippen molar-refractivity contribution in [3.8, 4) is 0 Å². The second kappa shape index (κ2) is 14.6. The lowest BCUT2D eigenvalue weighted by Crippen LogP contribution is -2.71. The predicted molar refractivity (Wildman–Crippen MR) is 174 cm³/mol. The van der Waals surface area contributed by atoms with Crippen LogP contribution in [0.15, 0.2) is 108 Å². The average molecular weight is 638 g/mol. The van der Waals surface area contributed by atoms with Crippen LogP contribution < -0.4 is 10.6 Å². The summed E-state index contributed by atoms with van der Waals surface area (Å²) in [7, 11) is 0. The van der Waals surface area contributed by atoms with Crippen LogP contribution in [0.3, 0.4) is 0 Å². The Hall–Kier alpha value is -5.42. The number of benzene rings is 3. The number of rotatable bonds is 11. The predicted octanol–water partition coefficient (Wildman–Crippen LogP) is 4.19. The van der Waals surface area contributed by atoms with Crippen LogP contribution in [0, 0.1) is 0 Å². The quantitative estimate of drug-likeness (QED) is 0.162. The summed E-state index contributed by atoms with van der Waals surface area (Å²) in [5.41, 5.74) is 2.86. The van der Waals surface area contributed by atoms with Gasteiger partial charge < -0.3 is 20.5 Å². The number of carboxylic acid groups (broad SMARTS) is 1. The van der Waals surface area contributed by atoms with Gasteiger partial charge in [-0.15, -0.1) is 11.8 Å². The fourth-order valence-corrected chi connectivity index (χ4v) is 6.35. The highest BCUT2D eigenvalue weighted by Crippen LogP contribution is 2.40. The zero-order chi connectivity index (χ0) is 32.6. The highest BCUT2D eigenvalue weighted by atomic mass is 32.2. The maximum Gasteiger partial charge on any atom is 0.352 e. The number of carbonyl (C=O) groups excluding carboxylic acids is 4. The molecule has 3 aromatic carbocycles. The standard InChI is InChI=1S/C35H31N3O7S/c1-22(39)45-20-27-21-46-34-29(33(42)38(34)30(27)35(43)44)37-32(41)28(25-14-6-3-7-15-25)36-31(40)26-18-16-24(17-19-26)13-9-8-12-23-10-4-2-5-11-23/h2-19,28-29,34H,20-21H2,1H3,(H,36,40)(H,37,41)(H,43,44)/t28?,29-,34-/m1/s1. The van der Waals surface area contributed by atoms with Gasteiger partial charge in [-0.25, -0.2) is 4.79 Å². The van der Waals surface area contributed by atoms with Crippen LogP contribution in [0.25, 0.3) is 12.2 Å². The number of hydrogen-bond acceptors (Lipinski definition) is 7. The van der Waals surface area contributed by atoms with Gasteiger partial charge in [0.15, 0.2) is 0 Å². The largest absolute Gasteiger partial charge is 0.477 e. The van der Waals surface area contributed by atoms with E-state index in [0.29, 0.717) is 16.7 Å². The Morgan fingerprint density at radius 2 is 1.54 bits per heavy atom. The smallest absolute Gasteiger partial charge is 0.352 e. The number of carbonyl (C=O) groups is 5. The Morgan fingerprint density at radius 3 is 2.15 bits per heavy atom. The first-order chi connectivity index (χ1) is 22.2. The van der Waals surface area contributed by atoms with E-state index in [1.807, 2.05) is 54.6 Å². The number of aliphatic carboxylic acids is 1. The SMILES string of the molecule is CC(=O)OCC1=C(C(=O)O)N2C(=O)[C@@H](NC(=O)C(NC(=O)c3ccc(C=CC=Cc4ccccc4)cc3)c3ccccc3)[C@H]2SC1. The lowest BCUT2D eigenvalue weighted by atomic mass is 10.0. The van der Waals surface area contributed by atoms with Crippen LogP contribution in [0.1, 0.15) is 40.0 Å². The van der Waals surface area contributed by atoms with Crippen LogP contribution in [0.4, 0.5) is 0 Å². The number of β-lactam (4-membered cyclic amide) rings is 1. The third kappa shape index (κ3) is 7.44. The van der Waals surface area contributed by atoms with Gasteiger partial charge in [-0.2, -0.15) is 0 Å². The van der Waals surface area contributed by atoms with Gasteiger partial charge in [0, 0.05) is 23.8 Å². The summed E-state index contributed by atoms with van der Waals surface area (Å²) in [6.45, 7) is 0.962. The fourth-order valence-electron chi connectivity index (χ4n) is 5.02. The summed E-state index contributed by atoms with van der Waals surface area (Å²) >= 11 is 1.25. The molecule has 46 heavy (non-hydrogen) atoms. The van der Waals surface area contributed by atoms with Gasteiger partial charge in [0.05, 0.1) is 0 Å². The molecule has 1 fully saturated rings. The molecule has 3 atom stereocenters. The van der Waals surface area contributed by atoms with Crippen molar-refractivity contribution in [2.75, 3.05) is 12.4 Å². The Labute approximate surface area is 269 Å². The first-order valence-electron chi connectivity index (χ1n) is 14.4. The number of hydrogen-bond donors (Lipinski definition) is 3. The average Bonchev–Trinajstić information content (AvgIpc) is 3.07. The van der Waals surface area contributed by atoms with E-state index < -0.39 is 47.1 Å². The van der Waals surface area contributed by atoms with Crippen LogP contribution in [0.5, 0.6) is 0 Å². The lowest BCUT2D eigenvalue weighted by molar-refractivity contribution is -0.151. The number of carboxylic acids is 1. The summed E-state index contributed by atoms with van der Waals surface area (Å²) < 4.78 is 4.97. The number of esters is 1. The highest BCUT2D eigenvalue weighted by molar-refractivity contribution is 8.00. The van der Waals surface area contributed by atoms with Crippen LogP contribution in [-0.2, 0) is 23.9 Å². The zero-order valence-electron chi connectivity index (χ0n) is 24.8. The Kier molecular flexibility index (Phi) is 10.1. The molecule has 0 aliphatic carbocycles. The van der Waals surface area contributed by atoms with Crippen molar-refractivity contribution >= 4 is 53.6 Å². The maximum atomic E-state index is 13.6. The van der Waals surface area contributed by atoms with Crippen LogP contribution >= 0.6 is 11.8 Å². The van der Waals surface area contributed by atoms with E-state index in [1.165, 1.54) is 18.7 Å². The molecule has 11 heteroatoms. The number of ether oxygens (including phenoxy) is 1. The Morgan fingerprint density at radius 1 is 0.935 bits per heavy atom. The zero-order valence-corrected chi connectivity index (χ0v) is 25.6. The van der Waals surface area contributed by atoms with Crippen LogP contribution in [0.2, 0.25) is 0 Å². The van der Waals surface area contributed by atoms with Gasteiger partial charge in [-0.3, -0.25) is 24.1 Å². The second-order valence-electron chi connectivity index (χ2n) is 10.5. The van der Waals surface area contributed by atoms with Crippen molar-refractivity contribution in [3.63, 3.8) is 0 Å². The summed E-state index contributed by atoms with van der Waals surface area (Å²) in [5, 5.41) is 14.6. The first-order valence-corrected chi connectivity index (χ1v) is 15.5. The minimum Gasteiger partial charge on any atom is -0.477 e. The molecular formula is C35H31N3O7S. The summed E-state index contributed by atoms with van der Waals surface area (Å²) in [5.74, 6) is -3.41. The van der Waals surface area contributed by atoms with Gasteiger partial charge >= 0.3 is 11.9 Å². The molecule has 0 saturated carbocycles. The molecule has 2 aliphatic rings. The minimum absolute atomic E-state index is 0.197. The van der Waals surface area contributed by atoms with Crippen molar-refractivity contribution in [2.45, 2.75) is 24.4 Å². The van der Waals surface area contributed by atoms with Crippen molar-refractivity contribution in [1.29, 1.82) is 0 Å². The molecule has 5 rings (SSSR count). The number of fused-ring (bicyclic) bond motifs is 1. The van der Waals surface area contributed by atoms with Gasteiger partial charge in [0.1, 0.15) is 29.8 Å². The van der Waals surface area contributed by atoms with Gasteiger partial charge in [0.2, 0.25) is 5.91 Å². The first kappa shape index (κ1) is 32.0. The molecule has 1 unspecified atom stereocenters. The second-order valence-corrected chi connectivity index (χ2v) is 11.6. The van der Waals surface area contributed by atoms with Gasteiger partial charge in [0.25, 0.3) is 11.8 Å². The molecule has 0 spiro atoms. The van der Waals surface area contributed by atoms with Crippen LogP contribution in [-0.4, -0.2) is 63.4 Å². The molecule has 2 aliphatic heterocycles. The minimum atomic E-state index is -1.33. The normalized spacial score (nSPS) is 18.1. The fraction of sp³-hybridized carbons (Fsp3) is 0.171. The van der Waals surface area contributed by atoms with Crippen molar-refractivity contribution < 1.29 is 33.8 Å². The third-order valence-corrected chi connectivity index (χ3v) is 8.67. The molecule has 2 heterocycles. The molecule has 0 bridgehead atoms. The van der Waals surface area contributed by atoms with Crippen molar-refractivity contribution in [3.05, 3.63) is 131 Å². The number of thioether (sulfide) groups is 1. The van der Waals surface area contributed by atoms with E-state index in [-0.39, 0.29) is 18.1 Å². The van der Waals surface area contributed by atoms with E-state index >= 15 is 0 Å². The molecule has 3 aromatic rings. The Balaban J connectivity index is 1.26. The topological polar surface area (TPSA) is 142 Å². The maximum absolute atomic E-state index is 13.6. The lowest BCUT2D eigenvalue weighted by Gasteiger charge is -2.49. The van der Waals surface area contributed by atoms with Crippen molar-refractivity contribution in [2.24, 2.45) is 0 Å². The van der Waals surface area contributed by atoms with E-state index in [2.05, 4.69) is 10.6 Å². The molecule has 234 valence electrons. The molecule has 1 saturated heterocycles. The number of amides is 3. The molecule has 10 nitrogen and oxygen atoms in total. The molecule has 0 radical (unpaired) electrons. The monoisotopic (exact) mass is 637 g/mol. The van der Waals surface area contributed by atoms with E-state index in [0.717, 1.165) is 16.0 Å². The van der Waals surface area contributed by atoms with E-state index in [9.17, 15) is 29.1 Å². The third-order valence-electron chi connectivity index (χ3n) is 7.33.